The SMILES string of the molecule is [2H]C(CCNC(C)(C)C)C(=O)O. The zero-order valence-corrected chi connectivity index (χ0v) is 7.35. The molecule has 0 rings (SSSR count). The van der Waals surface area contributed by atoms with Crippen LogP contribution < -0.4 is 5.32 Å². The highest BCUT2D eigenvalue weighted by molar-refractivity contribution is 5.66. The summed E-state index contributed by atoms with van der Waals surface area (Å²) < 4.78 is 7.10. The van der Waals surface area contributed by atoms with E-state index in [9.17, 15) is 4.79 Å². The summed E-state index contributed by atoms with van der Waals surface area (Å²) in [6, 6.07) is 0. The molecular weight excluding hydrogens is 142 g/mol. The summed E-state index contributed by atoms with van der Waals surface area (Å²) >= 11 is 0. The first kappa shape index (κ1) is 8.53. The maximum Gasteiger partial charge on any atom is 0.303 e. The molecule has 0 saturated heterocycles. The Bertz CT molecular complexity index is 154. The lowest BCUT2D eigenvalue weighted by Gasteiger charge is -2.19. The van der Waals surface area contributed by atoms with E-state index in [-0.39, 0.29) is 5.54 Å². The van der Waals surface area contributed by atoms with Crippen LogP contribution in [0.15, 0.2) is 0 Å². The van der Waals surface area contributed by atoms with E-state index in [4.69, 9.17) is 6.48 Å². The van der Waals surface area contributed by atoms with Gasteiger partial charge in [-0.1, -0.05) is 0 Å². The third kappa shape index (κ3) is 9.43. The molecule has 0 radical (unpaired) electrons. The Morgan fingerprint density at radius 2 is 2.18 bits per heavy atom. The first-order valence-electron chi connectivity index (χ1n) is 4.31. The Balaban J connectivity index is 3.51. The number of carboxylic acids is 1. The topological polar surface area (TPSA) is 49.3 Å². The Hall–Kier alpha value is -0.570. The van der Waals surface area contributed by atoms with E-state index >= 15 is 0 Å². The van der Waals surface area contributed by atoms with Crippen molar-refractivity contribution in [2.24, 2.45) is 0 Å². The number of rotatable bonds is 4. The largest absolute Gasteiger partial charge is 0.481 e. The molecule has 0 aromatic rings. The minimum absolute atomic E-state index is 0.00176. The molecule has 0 aromatic carbocycles. The van der Waals surface area contributed by atoms with E-state index in [0.717, 1.165) is 0 Å². The van der Waals surface area contributed by atoms with Crippen LogP contribution in [-0.4, -0.2) is 23.2 Å². The van der Waals surface area contributed by atoms with E-state index in [0.29, 0.717) is 13.0 Å². The van der Waals surface area contributed by atoms with Crippen molar-refractivity contribution in [2.75, 3.05) is 6.54 Å². The molecular formula is C8H17NO2. The molecule has 0 aliphatic rings. The summed E-state index contributed by atoms with van der Waals surface area (Å²) in [5.74, 6) is -1.05. The second-order valence-corrected chi connectivity index (χ2v) is 3.51. The third-order valence-electron chi connectivity index (χ3n) is 1.12. The van der Waals surface area contributed by atoms with Crippen LogP contribution in [0, 0.1) is 0 Å². The van der Waals surface area contributed by atoms with E-state index in [2.05, 4.69) is 5.32 Å². The maximum atomic E-state index is 10.2. The molecule has 0 amide bonds. The van der Waals surface area contributed by atoms with Gasteiger partial charge in [-0.15, -0.1) is 0 Å². The normalized spacial score (nSPS) is 15.7. The number of carboxylic acid groups (broad SMARTS) is 1. The summed E-state index contributed by atoms with van der Waals surface area (Å²) in [7, 11) is 0. The van der Waals surface area contributed by atoms with E-state index < -0.39 is 12.4 Å². The van der Waals surface area contributed by atoms with Crippen LogP contribution in [0.1, 0.15) is 35.0 Å². The Kier molecular flexibility index (Phi) is 3.36. The number of aliphatic carboxylic acids is 1. The zero-order chi connectivity index (χ0) is 9.78. The molecule has 3 heteroatoms. The molecule has 0 fully saturated rings. The second kappa shape index (κ2) is 4.34. The zero-order valence-electron chi connectivity index (χ0n) is 8.35. The molecule has 0 bridgehead atoms. The van der Waals surface area contributed by atoms with Gasteiger partial charge in [0.25, 0.3) is 0 Å². The first-order valence-corrected chi connectivity index (χ1v) is 3.73. The maximum absolute atomic E-state index is 10.2. The lowest BCUT2D eigenvalue weighted by atomic mass is 10.1. The highest BCUT2D eigenvalue weighted by Gasteiger charge is 2.07. The van der Waals surface area contributed by atoms with Crippen LogP contribution >= 0.6 is 0 Å². The van der Waals surface area contributed by atoms with Crippen molar-refractivity contribution in [1.82, 2.24) is 5.32 Å². The van der Waals surface area contributed by atoms with Gasteiger partial charge in [0.15, 0.2) is 0 Å². The van der Waals surface area contributed by atoms with Crippen molar-refractivity contribution in [1.29, 1.82) is 0 Å². The van der Waals surface area contributed by atoms with Gasteiger partial charge in [-0.25, -0.2) is 0 Å². The van der Waals surface area contributed by atoms with Gasteiger partial charge >= 0.3 is 5.97 Å². The van der Waals surface area contributed by atoms with E-state index in [1.165, 1.54) is 0 Å². The number of nitrogens with one attached hydrogen (secondary N) is 1. The lowest BCUT2D eigenvalue weighted by molar-refractivity contribution is -0.137. The fourth-order valence-electron chi connectivity index (χ4n) is 0.643. The highest BCUT2D eigenvalue weighted by atomic mass is 16.4. The van der Waals surface area contributed by atoms with Crippen LogP contribution in [-0.2, 0) is 4.79 Å². The predicted octanol–water partition coefficient (Wildman–Crippen LogP) is 1.24. The summed E-state index contributed by atoms with van der Waals surface area (Å²) in [5, 5.41) is 11.5. The van der Waals surface area contributed by atoms with Crippen molar-refractivity contribution in [3.63, 3.8) is 0 Å². The molecule has 11 heavy (non-hydrogen) atoms. The number of carbonyl (C=O) groups is 1. The van der Waals surface area contributed by atoms with Gasteiger partial charge in [0.05, 0.1) is 0 Å². The minimum Gasteiger partial charge on any atom is -0.481 e. The first-order chi connectivity index (χ1) is 5.33. The summed E-state index contributed by atoms with van der Waals surface area (Å²) in [5.41, 5.74) is -0.00176. The molecule has 3 nitrogen and oxygen atoms in total. The standard InChI is InChI=1S/C8H17NO2/c1-8(2,3)9-6-4-5-7(10)11/h9H,4-6H2,1-3H3,(H,10,11)/i5D. The Morgan fingerprint density at radius 1 is 1.64 bits per heavy atom. The molecule has 1 atom stereocenters. The predicted molar refractivity (Wildman–Crippen MR) is 44.6 cm³/mol. The summed E-state index contributed by atoms with van der Waals surface area (Å²) in [4.78, 5) is 10.2. The van der Waals surface area contributed by atoms with Gasteiger partial charge in [0.2, 0.25) is 0 Å². The quantitative estimate of drug-likeness (QED) is 0.650. The fourth-order valence-corrected chi connectivity index (χ4v) is 0.643. The van der Waals surface area contributed by atoms with Gasteiger partial charge in [0.1, 0.15) is 0 Å². The van der Waals surface area contributed by atoms with Crippen molar-refractivity contribution in [3.05, 3.63) is 0 Å². The van der Waals surface area contributed by atoms with Crippen LogP contribution in [0.5, 0.6) is 0 Å². The van der Waals surface area contributed by atoms with E-state index in [1.807, 2.05) is 20.8 Å². The molecule has 1 unspecified atom stereocenters. The van der Waals surface area contributed by atoms with Crippen molar-refractivity contribution in [2.45, 2.75) is 39.1 Å². The van der Waals surface area contributed by atoms with Gasteiger partial charge in [-0.2, -0.15) is 0 Å². The Labute approximate surface area is 69.2 Å². The van der Waals surface area contributed by atoms with Crippen molar-refractivity contribution >= 4 is 5.97 Å². The molecule has 0 saturated carbocycles. The Morgan fingerprint density at radius 3 is 2.55 bits per heavy atom. The van der Waals surface area contributed by atoms with Gasteiger partial charge in [0, 0.05) is 13.3 Å². The average molecular weight is 160 g/mol. The summed E-state index contributed by atoms with van der Waals surface area (Å²) in [6.07, 6.45) is -0.646. The molecule has 0 heterocycles. The monoisotopic (exact) mass is 160 g/mol. The molecule has 0 spiro atoms. The fraction of sp³-hybridized carbons (Fsp3) is 0.875. The van der Waals surface area contributed by atoms with Gasteiger partial charge in [-0.05, 0) is 33.7 Å². The second-order valence-electron chi connectivity index (χ2n) is 3.51. The number of hydrogen-bond donors (Lipinski definition) is 2. The van der Waals surface area contributed by atoms with Crippen LogP contribution in [0.4, 0.5) is 0 Å². The number of hydrogen-bond acceptors (Lipinski definition) is 2. The lowest BCUT2D eigenvalue weighted by Crippen LogP contribution is -2.36. The third-order valence-corrected chi connectivity index (χ3v) is 1.12. The molecule has 2 N–H and O–H groups in total. The van der Waals surface area contributed by atoms with E-state index in [1.54, 1.807) is 0 Å². The average Bonchev–Trinajstić information content (AvgIpc) is 1.84. The van der Waals surface area contributed by atoms with Crippen LogP contribution in [0.3, 0.4) is 0 Å². The van der Waals surface area contributed by atoms with Crippen molar-refractivity contribution in [3.8, 4) is 0 Å². The molecule has 0 aliphatic heterocycles. The van der Waals surface area contributed by atoms with Crippen LogP contribution in [0.2, 0.25) is 0 Å². The molecule has 0 aromatic heterocycles. The highest BCUT2D eigenvalue weighted by Crippen LogP contribution is 1.98. The minimum atomic E-state index is -1.05. The van der Waals surface area contributed by atoms with Gasteiger partial charge < -0.3 is 10.4 Å². The van der Waals surface area contributed by atoms with Gasteiger partial charge in [-0.3, -0.25) is 4.79 Å². The smallest absolute Gasteiger partial charge is 0.303 e. The van der Waals surface area contributed by atoms with Crippen molar-refractivity contribution < 1.29 is 11.3 Å². The summed E-state index contributed by atoms with van der Waals surface area (Å²) in [6.45, 7) is 6.59. The van der Waals surface area contributed by atoms with Crippen LogP contribution in [0.25, 0.3) is 0 Å². The molecule has 66 valence electrons. The molecule has 0 aliphatic carbocycles.